The van der Waals surface area contributed by atoms with Gasteiger partial charge in [-0.3, -0.25) is 9.97 Å². The van der Waals surface area contributed by atoms with Gasteiger partial charge in [0, 0.05) is 34.5 Å². The Labute approximate surface area is 434 Å². The summed E-state index contributed by atoms with van der Waals surface area (Å²) < 4.78 is 0. The van der Waals surface area contributed by atoms with Crippen molar-refractivity contribution in [2.75, 3.05) is 0 Å². The zero-order valence-electron chi connectivity index (χ0n) is 41.2. The minimum atomic E-state index is 0.919. The Kier molecular flexibility index (Phi) is 13.1. The van der Waals surface area contributed by atoms with E-state index in [1.165, 1.54) is 66.8 Å². The van der Waals surface area contributed by atoms with Crippen LogP contribution in [-0.2, 0) is 25.7 Å². The Morgan fingerprint density at radius 2 is 0.689 bits per heavy atom. The van der Waals surface area contributed by atoms with Gasteiger partial charge in [0.15, 0.2) is 0 Å². The van der Waals surface area contributed by atoms with Crippen LogP contribution >= 0.6 is 0 Å². The van der Waals surface area contributed by atoms with E-state index in [0.29, 0.717) is 0 Å². The van der Waals surface area contributed by atoms with Crippen molar-refractivity contribution in [2.24, 2.45) is 0 Å². The van der Waals surface area contributed by atoms with E-state index < -0.39 is 0 Å². The highest BCUT2D eigenvalue weighted by molar-refractivity contribution is 5.98. The molecule has 0 amide bonds. The molecule has 3 heteroatoms. The smallest absolute Gasteiger partial charge is 0.0716 e. The van der Waals surface area contributed by atoms with Crippen LogP contribution in [-0.4, -0.2) is 15.0 Å². The first-order chi connectivity index (χ1) is 36.6. The molecule has 0 fully saturated rings. The van der Waals surface area contributed by atoms with Crippen molar-refractivity contribution in [1.82, 2.24) is 15.0 Å². The minimum Gasteiger partial charge on any atom is -0.256 e. The molecule has 3 aromatic heterocycles. The maximum Gasteiger partial charge on any atom is 0.0716 e. The third kappa shape index (κ3) is 10.1. The van der Waals surface area contributed by atoms with Gasteiger partial charge in [0.25, 0.3) is 0 Å². The average Bonchev–Trinajstić information content (AvgIpc) is 3.50. The summed E-state index contributed by atoms with van der Waals surface area (Å²) in [4.78, 5) is 14.5. The lowest BCUT2D eigenvalue weighted by Gasteiger charge is -2.18. The van der Waals surface area contributed by atoms with E-state index in [4.69, 9.17) is 4.98 Å². The fourth-order valence-electron chi connectivity index (χ4n) is 10.3. The third-order valence-electron chi connectivity index (χ3n) is 14.2. The van der Waals surface area contributed by atoms with Crippen molar-refractivity contribution in [1.29, 1.82) is 0 Å². The maximum atomic E-state index is 5.32. The molecule has 0 radical (unpaired) electrons. The van der Waals surface area contributed by atoms with Gasteiger partial charge in [0.05, 0.1) is 22.6 Å². The lowest BCUT2D eigenvalue weighted by atomic mass is 9.86. The van der Waals surface area contributed by atoms with Gasteiger partial charge in [-0.25, -0.2) is 4.98 Å². The molecule has 0 saturated heterocycles. The van der Waals surface area contributed by atoms with Crippen molar-refractivity contribution in [3.8, 4) is 89.4 Å². The number of hydrogen-bond donors (Lipinski definition) is 0. The number of aromatic nitrogens is 3. The monoisotopic (exact) mass is 947 g/mol. The van der Waals surface area contributed by atoms with E-state index in [-0.39, 0.29) is 0 Å². The highest BCUT2D eigenvalue weighted by atomic mass is 14.7. The van der Waals surface area contributed by atoms with Crippen LogP contribution in [0.1, 0.15) is 22.3 Å². The van der Waals surface area contributed by atoms with E-state index in [0.717, 1.165) is 81.5 Å². The lowest BCUT2D eigenvalue weighted by molar-refractivity contribution is 0.931. The van der Waals surface area contributed by atoms with Crippen molar-refractivity contribution >= 4 is 10.9 Å². The number of hydrogen-bond acceptors (Lipinski definition) is 3. The second-order valence-electron chi connectivity index (χ2n) is 19.0. The first kappa shape index (κ1) is 45.8. The second-order valence-corrected chi connectivity index (χ2v) is 19.0. The van der Waals surface area contributed by atoms with E-state index >= 15 is 0 Å². The molecule has 3 heterocycles. The Bertz CT molecular complexity index is 3730. The average molecular weight is 948 g/mol. The van der Waals surface area contributed by atoms with Gasteiger partial charge in [0.1, 0.15) is 0 Å². The summed E-state index contributed by atoms with van der Waals surface area (Å²) in [6.45, 7) is 0. The Morgan fingerprint density at radius 3 is 1.30 bits per heavy atom. The SMILES string of the molecule is c1ccc(-c2ccc(-c3cc(-c4cc(-c5ccccc5)c5ccccc5n4)ccc3-c3ccccc3-c3cc(CCc4ccc(-c5ccccn5)cc4)cc(CCc4ccc(-c5ccccn5)cc4)c3)cc2)cc1. The molecule has 74 heavy (non-hydrogen) atoms. The molecular formula is C71H53N3. The van der Waals surface area contributed by atoms with Crippen LogP contribution in [0.25, 0.3) is 100 Å². The minimum absolute atomic E-state index is 0.919. The first-order valence-corrected chi connectivity index (χ1v) is 25.6. The molecule has 0 aliphatic heterocycles. The molecule has 0 bridgehead atoms. The van der Waals surface area contributed by atoms with E-state index in [9.17, 15) is 0 Å². The van der Waals surface area contributed by atoms with Gasteiger partial charge < -0.3 is 0 Å². The molecule has 0 N–H and O–H groups in total. The quantitative estimate of drug-likeness (QED) is 0.109. The van der Waals surface area contributed by atoms with Crippen LogP contribution in [0, 0.1) is 0 Å². The second kappa shape index (κ2) is 21.2. The molecule has 0 atom stereocenters. The van der Waals surface area contributed by atoms with Crippen molar-refractivity contribution < 1.29 is 0 Å². The number of benzene rings is 9. The predicted molar refractivity (Wildman–Crippen MR) is 309 cm³/mol. The Hall–Kier alpha value is -9.31. The fourth-order valence-corrected chi connectivity index (χ4v) is 10.3. The molecule has 352 valence electrons. The third-order valence-corrected chi connectivity index (χ3v) is 14.2. The molecular weight excluding hydrogens is 895 g/mol. The number of fused-ring (bicyclic) bond motifs is 1. The standard InChI is InChI=1S/C71H53N3/c1-3-15-54(16-4-1)55-37-39-57(40-38-55)66-48-60(71-49-67(56-17-5-2-6-18-56)65-21-9-10-24-70(65)74-71)41-42-64(66)63-20-8-7-19-62(63)61-46-52(27-25-50-29-33-58(34-30-50)68-22-11-13-43-72-68)45-53(47-61)28-26-51-31-35-59(36-32-51)69-23-12-14-44-73-69/h1-24,29-49H,25-28H2. The molecule has 0 aliphatic rings. The normalized spacial score (nSPS) is 11.2. The van der Waals surface area contributed by atoms with Gasteiger partial charge in [-0.15, -0.1) is 0 Å². The van der Waals surface area contributed by atoms with Crippen LogP contribution in [0.2, 0.25) is 0 Å². The van der Waals surface area contributed by atoms with E-state index in [2.05, 4.69) is 247 Å². The number of nitrogens with zero attached hydrogens (tertiary/aromatic N) is 3. The summed E-state index contributed by atoms with van der Waals surface area (Å²) in [5, 5.41) is 1.14. The van der Waals surface area contributed by atoms with E-state index in [1.54, 1.807) is 0 Å². The van der Waals surface area contributed by atoms with Crippen LogP contribution in [0.4, 0.5) is 0 Å². The molecule has 0 aliphatic carbocycles. The summed E-state index contributed by atoms with van der Waals surface area (Å²) in [7, 11) is 0. The zero-order chi connectivity index (χ0) is 49.5. The summed E-state index contributed by atoms with van der Waals surface area (Å²) in [6, 6.07) is 94.3. The summed E-state index contributed by atoms with van der Waals surface area (Å²) in [5.74, 6) is 0. The van der Waals surface area contributed by atoms with Crippen LogP contribution in [0.5, 0.6) is 0 Å². The Morgan fingerprint density at radius 1 is 0.230 bits per heavy atom. The van der Waals surface area contributed by atoms with E-state index in [1.807, 2.05) is 36.7 Å². The summed E-state index contributed by atoms with van der Waals surface area (Å²) in [5.41, 5.74) is 24.4. The Balaban J connectivity index is 0.941. The molecule has 3 nitrogen and oxygen atoms in total. The highest BCUT2D eigenvalue weighted by Gasteiger charge is 2.18. The van der Waals surface area contributed by atoms with Crippen molar-refractivity contribution in [3.63, 3.8) is 0 Å². The molecule has 12 aromatic rings. The van der Waals surface area contributed by atoms with Crippen molar-refractivity contribution in [2.45, 2.75) is 25.7 Å². The van der Waals surface area contributed by atoms with Gasteiger partial charge in [-0.1, -0.05) is 218 Å². The molecule has 0 spiro atoms. The van der Waals surface area contributed by atoms with Crippen LogP contribution in [0.3, 0.4) is 0 Å². The largest absolute Gasteiger partial charge is 0.256 e. The molecule has 0 unspecified atom stereocenters. The zero-order valence-corrected chi connectivity index (χ0v) is 41.2. The fraction of sp³-hybridized carbons (Fsp3) is 0.0563. The van der Waals surface area contributed by atoms with Gasteiger partial charge in [0.2, 0.25) is 0 Å². The number of rotatable bonds is 14. The van der Waals surface area contributed by atoms with Gasteiger partial charge >= 0.3 is 0 Å². The van der Waals surface area contributed by atoms with Gasteiger partial charge in [-0.2, -0.15) is 0 Å². The first-order valence-electron chi connectivity index (χ1n) is 25.6. The number of para-hydroxylation sites is 1. The van der Waals surface area contributed by atoms with Gasteiger partial charge in [-0.05, 0) is 146 Å². The topological polar surface area (TPSA) is 38.7 Å². The lowest BCUT2D eigenvalue weighted by Crippen LogP contribution is -1.98. The molecule has 12 rings (SSSR count). The highest BCUT2D eigenvalue weighted by Crippen LogP contribution is 2.42. The number of pyridine rings is 3. The number of aryl methyl sites for hydroxylation is 4. The summed E-state index contributed by atoms with van der Waals surface area (Å²) in [6.07, 6.45) is 7.41. The maximum absolute atomic E-state index is 5.32. The predicted octanol–water partition coefficient (Wildman–Crippen LogP) is 17.9. The summed E-state index contributed by atoms with van der Waals surface area (Å²) >= 11 is 0. The molecule has 9 aromatic carbocycles. The van der Waals surface area contributed by atoms with Crippen LogP contribution in [0.15, 0.2) is 273 Å². The van der Waals surface area contributed by atoms with Crippen molar-refractivity contribution in [3.05, 3.63) is 296 Å². The van der Waals surface area contributed by atoms with Crippen LogP contribution < -0.4 is 0 Å². The molecule has 0 saturated carbocycles.